The number of nitrogens with one attached hydrogen (secondary N) is 2. The van der Waals surface area contributed by atoms with Crippen molar-refractivity contribution < 1.29 is 9.90 Å². The first-order valence-electron chi connectivity index (χ1n) is 7.96. The number of primary amides is 1. The van der Waals surface area contributed by atoms with Gasteiger partial charge in [0.05, 0.1) is 5.56 Å². The monoisotopic (exact) mass is 305 g/mol. The number of aliphatic hydroxyl groups is 1. The number of anilines is 2. The van der Waals surface area contributed by atoms with E-state index in [4.69, 9.17) is 5.73 Å². The van der Waals surface area contributed by atoms with Gasteiger partial charge in [-0.3, -0.25) is 4.79 Å². The molecule has 0 unspecified atom stereocenters. The van der Waals surface area contributed by atoms with Crippen LogP contribution < -0.4 is 16.4 Å². The Morgan fingerprint density at radius 2 is 1.82 bits per heavy atom. The summed E-state index contributed by atoms with van der Waals surface area (Å²) in [6.45, 7) is 0.252. The number of amides is 1. The quantitative estimate of drug-likeness (QED) is 0.626. The molecule has 2 aliphatic carbocycles. The standard InChI is InChI=1S/C15H23N5O2/c16-13(22)12-7-17-15(19-11-5-6-11)20-14(12)18-10-3-1-9(8-21)2-4-10/h7,9-11,21H,1-6,8H2,(H2,16,22)(H2,17,18,19,20)/t9-,10+. The second-order valence-corrected chi connectivity index (χ2v) is 6.28. The number of nitrogens with two attached hydrogens (primary N) is 1. The summed E-state index contributed by atoms with van der Waals surface area (Å²) in [5, 5.41) is 15.8. The van der Waals surface area contributed by atoms with Crippen molar-refractivity contribution in [3.8, 4) is 0 Å². The van der Waals surface area contributed by atoms with Gasteiger partial charge in [-0.2, -0.15) is 4.98 Å². The van der Waals surface area contributed by atoms with Crippen LogP contribution >= 0.6 is 0 Å². The van der Waals surface area contributed by atoms with Crippen LogP contribution in [0.1, 0.15) is 48.9 Å². The molecule has 1 heterocycles. The summed E-state index contributed by atoms with van der Waals surface area (Å²) < 4.78 is 0. The molecule has 2 fully saturated rings. The molecule has 0 atom stereocenters. The minimum Gasteiger partial charge on any atom is -0.396 e. The molecular weight excluding hydrogens is 282 g/mol. The average Bonchev–Trinajstić information content (AvgIpc) is 3.32. The van der Waals surface area contributed by atoms with Crippen molar-refractivity contribution in [3.63, 3.8) is 0 Å². The highest BCUT2D eigenvalue weighted by Crippen LogP contribution is 2.28. The van der Waals surface area contributed by atoms with Crippen molar-refractivity contribution in [3.05, 3.63) is 11.8 Å². The lowest BCUT2D eigenvalue weighted by atomic mass is 9.86. The molecule has 7 heteroatoms. The zero-order chi connectivity index (χ0) is 15.5. The van der Waals surface area contributed by atoms with Crippen LogP contribution in [-0.2, 0) is 0 Å². The highest BCUT2D eigenvalue weighted by atomic mass is 16.3. The Bertz CT molecular complexity index is 539. The number of aliphatic hydroxyl groups excluding tert-OH is 1. The van der Waals surface area contributed by atoms with E-state index < -0.39 is 5.91 Å². The minimum absolute atomic E-state index is 0.252. The molecule has 5 N–H and O–H groups in total. The van der Waals surface area contributed by atoms with Gasteiger partial charge in [-0.15, -0.1) is 0 Å². The molecule has 3 rings (SSSR count). The predicted octanol–water partition coefficient (Wildman–Crippen LogP) is 1.11. The van der Waals surface area contributed by atoms with Gasteiger partial charge in [-0.05, 0) is 44.4 Å². The lowest BCUT2D eigenvalue weighted by molar-refractivity contribution is 0.100. The zero-order valence-corrected chi connectivity index (χ0v) is 12.6. The van der Waals surface area contributed by atoms with Crippen LogP contribution in [0.3, 0.4) is 0 Å². The zero-order valence-electron chi connectivity index (χ0n) is 12.6. The lowest BCUT2D eigenvalue weighted by Gasteiger charge is -2.28. The molecule has 0 aromatic carbocycles. The highest BCUT2D eigenvalue weighted by molar-refractivity contribution is 5.97. The number of hydrogen-bond acceptors (Lipinski definition) is 6. The van der Waals surface area contributed by atoms with Gasteiger partial charge >= 0.3 is 0 Å². The molecule has 1 amide bonds. The fraction of sp³-hybridized carbons (Fsp3) is 0.667. The largest absolute Gasteiger partial charge is 0.396 e. The molecule has 0 bridgehead atoms. The third kappa shape index (κ3) is 3.65. The molecule has 1 aromatic heterocycles. The van der Waals surface area contributed by atoms with Gasteiger partial charge in [-0.1, -0.05) is 0 Å². The van der Waals surface area contributed by atoms with E-state index in [1.54, 1.807) is 0 Å². The summed E-state index contributed by atoms with van der Waals surface area (Å²) in [5.74, 6) is 0.924. The van der Waals surface area contributed by atoms with Crippen LogP contribution in [0.2, 0.25) is 0 Å². The molecule has 0 radical (unpaired) electrons. The van der Waals surface area contributed by atoms with E-state index in [0.717, 1.165) is 38.5 Å². The maximum atomic E-state index is 11.6. The molecular formula is C15H23N5O2. The minimum atomic E-state index is -0.524. The van der Waals surface area contributed by atoms with Gasteiger partial charge in [0.2, 0.25) is 5.95 Å². The van der Waals surface area contributed by atoms with Crippen LogP contribution in [-0.4, -0.2) is 39.7 Å². The number of hydrogen-bond donors (Lipinski definition) is 4. The number of aromatic nitrogens is 2. The van der Waals surface area contributed by atoms with Gasteiger partial charge < -0.3 is 21.5 Å². The summed E-state index contributed by atoms with van der Waals surface area (Å²) in [6, 6.07) is 0.705. The third-order valence-electron chi connectivity index (χ3n) is 4.41. The Hall–Kier alpha value is -1.89. The molecule has 7 nitrogen and oxygen atoms in total. The molecule has 1 aromatic rings. The third-order valence-corrected chi connectivity index (χ3v) is 4.41. The first-order valence-corrected chi connectivity index (χ1v) is 7.96. The average molecular weight is 305 g/mol. The molecule has 0 spiro atoms. The first-order chi connectivity index (χ1) is 10.7. The number of carbonyl (C=O) groups is 1. The van der Waals surface area contributed by atoms with Gasteiger partial charge in [0.15, 0.2) is 0 Å². The van der Waals surface area contributed by atoms with Crippen molar-refractivity contribution in [2.24, 2.45) is 11.7 Å². The Morgan fingerprint density at radius 3 is 2.41 bits per heavy atom. The topological polar surface area (TPSA) is 113 Å². The van der Waals surface area contributed by atoms with Crippen molar-refractivity contribution >= 4 is 17.7 Å². The summed E-state index contributed by atoms with van der Waals surface area (Å²) >= 11 is 0. The number of nitrogens with zero attached hydrogens (tertiary/aromatic N) is 2. The fourth-order valence-electron chi connectivity index (χ4n) is 2.83. The van der Waals surface area contributed by atoms with E-state index in [2.05, 4.69) is 20.6 Å². The van der Waals surface area contributed by atoms with Crippen LogP contribution in [0.15, 0.2) is 6.20 Å². The molecule has 0 aliphatic heterocycles. The Morgan fingerprint density at radius 1 is 1.18 bits per heavy atom. The summed E-state index contributed by atoms with van der Waals surface area (Å²) in [6.07, 6.45) is 7.64. The smallest absolute Gasteiger partial charge is 0.254 e. The molecule has 2 aliphatic rings. The summed E-state index contributed by atoms with van der Waals surface area (Å²) in [5.41, 5.74) is 5.74. The van der Waals surface area contributed by atoms with Gasteiger partial charge in [0, 0.05) is 24.9 Å². The van der Waals surface area contributed by atoms with E-state index >= 15 is 0 Å². The normalized spacial score (nSPS) is 24.8. The SMILES string of the molecule is NC(=O)c1cnc(NC2CC2)nc1N[C@H]1CC[C@@H](CO)CC1. The van der Waals surface area contributed by atoms with E-state index in [0.29, 0.717) is 29.3 Å². The molecule has 2 saturated carbocycles. The Balaban J connectivity index is 1.70. The fourth-order valence-corrected chi connectivity index (χ4v) is 2.83. The van der Waals surface area contributed by atoms with Gasteiger partial charge in [0.25, 0.3) is 5.91 Å². The van der Waals surface area contributed by atoms with Gasteiger partial charge in [-0.25, -0.2) is 4.98 Å². The maximum Gasteiger partial charge on any atom is 0.254 e. The van der Waals surface area contributed by atoms with Crippen molar-refractivity contribution in [2.45, 2.75) is 50.6 Å². The second kappa shape index (κ2) is 6.48. The van der Waals surface area contributed by atoms with Crippen LogP contribution in [0.4, 0.5) is 11.8 Å². The van der Waals surface area contributed by atoms with Crippen molar-refractivity contribution in [1.82, 2.24) is 9.97 Å². The Kier molecular flexibility index (Phi) is 4.42. The van der Waals surface area contributed by atoms with Crippen molar-refractivity contribution in [2.75, 3.05) is 17.2 Å². The van der Waals surface area contributed by atoms with Crippen molar-refractivity contribution in [1.29, 1.82) is 0 Å². The highest BCUT2D eigenvalue weighted by Gasteiger charge is 2.25. The van der Waals surface area contributed by atoms with Crippen LogP contribution in [0, 0.1) is 5.92 Å². The van der Waals surface area contributed by atoms with E-state index in [1.165, 1.54) is 6.20 Å². The lowest BCUT2D eigenvalue weighted by Crippen LogP contribution is -2.29. The van der Waals surface area contributed by atoms with E-state index in [9.17, 15) is 9.90 Å². The van der Waals surface area contributed by atoms with E-state index in [-0.39, 0.29) is 12.6 Å². The maximum absolute atomic E-state index is 11.6. The predicted molar refractivity (Wildman–Crippen MR) is 83.6 cm³/mol. The van der Waals surface area contributed by atoms with E-state index in [1.807, 2.05) is 0 Å². The van der Waals surface area contributed by atoms with Crippen LogP contribution in [0.5, 0.6) is 0 Å². The summed E-state index contributed by atoms with van der Waals surface area (Å²) in [4.78, 5) is 20.1. The number of carbonyl (C=O) groups excluding carboxylic acids is 1. The molecule has 22 heavy (non-hydrogen) atoms. The molecule has 0 saturated heterocycles. The van der Waals surface area contributed by atoms with Gasteiger partial charge in [0.1, 0.15) is 5.82 Å². The molecule has 120 valence electrons. The summed E-state index contributed by atoms with van der Waals surface area (Å²) in [7, 11) is 0. The first kappa shape index (κ1) is 15.0. The second-order valence-electron chi connectivity index (χ2n) is 6.28. The number of rotatable bonds is 6. The Labute approximate surface area is 129 Å². The van der Waals surface area contributed by atoms with Crippen LogP contribution in [0.25, 0.3) is 0 Å².